The SMILES string of the molecule is CC1C(F)=CCCC1F. The topological polar surface area (TPSA) is 0 Å². The first-order chi connectivity index (χ1) is 4.22. The molecular weight excluding hydrogens is 122 g/mol. The van der Waals surface area contributed by atoms with Crippen LogP contribution in [-0.4, -0.2) is 6.17 Å². The van der Waals surface area contributed by atoms with Gasteiger partial charge in [-0.1, -0.05) is 13.0 Å². The lowest BCUT2D eigenvalue weighted by Gasteiger charge is -2.18. The van der Waals surface area contributed by atoms with Gasteiger partial charge in [0.2, 0.25) is 0 Å². The molecule has 0 radical (unpaired) electrons. The van der Waals surface area contributed by atoms with Crippen molar-refractivity contribution in [3.8, 4) is 0 Å². The molecule has 0 aliphatic heterocycles. The molecule has 0 saturated carbocycles. The van der Waals surface area contributed by atoms with Crippen molar-refractivity contribution in [1.82, 2.24) is 0 Å². The van der Waals surface area contributed by atoms with Crippen molar-refractivity contribution in [3.63, 3.8) is 0 Å². The quantitative estimate of drug-likeness (QED) is 0.475. The van der Waals surface area contributed by atoms with Crippen molar-refractivity contribution in [2.75, 3.05) is 0 Å². The van der Waals surface area contributed by atoms with Gasteiger partial charge < -0.3 is 0 Å². The third kappa shape index (κ3) is 1.29. The van der Waals surface area contributed by atoms with Crippen LogP contribution in [0.25, 0.3) is 0 Å². The van der Waals surface area contributed by atoms with Crippen molar-refractivity contribution in [3.05, 3.63) is 11.9 Å². The molecule has 0 fully saturated rings. The van der Waals surface area contributed by atoms with Crippen LogP contribution in [0.5, 0.6) is 0 Å². The monoisotopic (exact) mass is 132 g/mol. The van der Waals surface area contributed by atoms with Crippen molar-refractivity contribution >= 4 is 0 Å². The van der Waals surface area contributed by atoms with Gasteiger partial charge in [-0.05, 0) is 12.8 Å². The van der Waals surface area contributed by atoms with E-state index in [2.05, 4.69) is 0 Å². The average Bonchev–Trinajstić information content (AvgIpc) is 1.83. The Hall–Kier alpha value is -0.400. The highest BCUT2D eigenvalue weighted by atomic mass is 19.1. The lowest BCUT2D eigenvalue weighted by atomic mass is 9.95. The van der Waals surface area contributed by atoms with E-state index in [-0.39, 0.29) is 5.83 Å². The van der Waals surface area contributed by atoms with Crippen molar-refractivity contribution in [1.29, 1.82) is 0 Å². The third-order valence-electron chi connectivity index (χ3n) is 1.76. The molecule has 0 bridgehead atoms. The molecule has 1 rings (SSSR count). The van der Waals surface area contributed by atoms with E-state index in [1.165, 1.54) is 6.08 Å². The van der Waals surface area contributed by atoms with Gasteiger partial charge in [0.25, 0.3) is 0 Å². The highest BCUT2D eigenvalue weighted by Gasteiger charge is 2.23. The summed E-state index contributed by atoms with van der Waals surface area (Å²) in [5, 5.41) is 0. The largest absolute Gasteiger partial charge is 0.247 e. The number of hydrogen-bond acceptors (Lipinski definition) is 0. The van der Waals surface area contributed by atoms with Gasteiger partial charge in [-0.15, -0.1) is 0 Å². The molecule has 0 N–H and O–H groups in total. The number of hydrogen-bond donors (Lipinski definition) is 0. The van der Waals surface area contributed by atoms with Crippen LogP contribution in [-0.2, 0) is 0 Å². The zero-order valence-electron chi connectivity index (χ0n) is 5.40. The Morgan fingerprint density at radius 2 is 2.33 bits per heavy atom. The summed E-state index contributed by atoms with van der Waals surface area (Å²) in [4.78, 5) is 0. The Morgan fingerprint density at radius 1 is 1.67 bits per heavy atom. The Labute approximate surface area is 53.6 Å². The molecule has 2 unspecified atom stereocenters. The second kappa shape index (κ2) is 2.46. The van der Waals surface area contributed by atoms with Gasteiger partial charge in [-0.3, -0.25) is 0 Å². The maximum atomic E-state index is 12.5. The first-order valence-electron chi connectivity index (χ1n) is 3.21. The van der Waals surface area contributed by atoms with Gasteiger partial charge in [-0.25, -0.2) is 8.78 Å². The van der Waals surface area contributed by atoms with Crippen molar-refractivity contribution in [2.24, 2.45) is 5.92 Å². The van der Waals surface area contributed by atoms with Crippen molar-refractivity contribution < 1.29 is 8.78 Å². The number of rotatable bonds is 0. The van der Waals surface area contributed by atoms with Crippen LogP contribution in [0.1, 0.15) is 19.8 Å². The molecule has 0 nitrogen and oxygen atoms in total. The van der Waals surface area contributed by atoms with E-state index in [9.17, 15) is 8.78 Å². The van der Waals surface area contributed by atoms with Crippen LogP contribution in [0.15, 0.2) is 11.9 Å². The van der Waals surface area contributed by atoms with E-state index in [1.807, 2.05) is 0 Å². The molecule has 2 atom stereocenters. The number of halogens is 2. The first-order valence-corrected chi connectivity index (χ1v) is 3.21. The zero-order chi connectivity index (χ0) is 6.85. The highest BCUT2D eigenvalue weighted by Crippen LogP contribution is 2.27. The lowest BCUT2D eigenvalue weighted by Crippen LogP contribution is -2.16. The summed E-state index contributed by atoms with van der Waals surface area (Å²) in [7, 11) is 0. The molecule has 9 heavy (non-hydrogen) atoms. The van der Waals surface area contributed by atoms with E-state index in [0.717, 1.165) is 0 Å². The zero-order valence-corrected chi connectivity index (χ0v) is 5.40. The van der Waals surface area contributed by atoms with Gasteiger partial charge in [0, 0.05) is 5.92 Å². The Bertz CT molecular complexity index is 129. The maximum Gasteiger partial charge on any atom is 0.109 e. The molecule has 0 aromatic rings. The van der Waals surface area contributed by atoms with Crippen LogP contribution >= 0.6 is 0 Å². The Morgan fingerprint density at radius 3 is 2.78 bits per heavy atom. The summed E-state index contributed by atoms with van der Waals surface area (Å²) in [6.45, 7) is 1.58. The van der Waals surface area contributed by atoms with Crippen LogP contribution < -0.4 is 0 Å². The van der Waals surface area contributed by atoms with E-state index < -0.39 is 12.1 Å². The van der Waals surface area contributed by atoms with Crippen LogP contribution in [0, 0.1) is 5.92 Å². The molecule has 0 spiro atoms. The van der Waals surface area contributed by atoms with Crippen LogP contribution in [0.3, 0.4) is 0 Å². The van der Waals surface area contributed by atoms with Crippen LogP contribution in [0.4, 0.5) is 8.78 Å². The molecule has 0 aromatic carbocycles. The molecule has 0 heterocycles. The van der Waals surface area contributed by atoms with Gasteiger partial charge in [0.1, 0.15) is 12.0 Å². The van der Waals surface area contributed by atoms with Crippen molar-refractivity contribution in [2.45, 2.75) is 25.9 Å². The molecule has 2 heteroatoms. The van der Waals surface area contributed by atoms with E-state index in [1.54, 1.807) is 6.92 Å². The number of alkyl halides is 1. The summed E-state index contributed by atoms with van der Waals surface area (Å²) < 4.78 is 25.0. The fourth-order valence-corrected chi connectivity index (χ4v) is 0.989. The van der Waals surface area contributed by atoms with Gasteiger partial charge in [0.15, 0.2) is 0 Å². The number of allylic oxidation sites excluding steroid dienone is 2. The predicted octanol–water partition coefficient (Wildman–Crippen LogP) is 2.61. The molecule has 1 aliphatic carbocycles. The minimum absolute atomic E-state index is 0.284. The second-order valence-corrected chi connectivity index (χ2v) is 2.47. The third-order valence-corrected chi connectivity index (χ3v) is 1.76. The smallest absolute Gasteiger partial charge is 0.109 e. The highest BCUT2D eigenvalue weighted by molar-refractivity contribution is 5.03. The Balaban J connectivity index is 2.62. The van der Waals surface area contributed by atoms with Gasteiger partial charge in [-0.2, -0.15) is 0 Å². The molecule has 52 valence electrons. The first kappa shape index (κ1) is 6.72. The molecule has 0 amide bonds. The molecule has 0 aromatic heterocycles. The fraction of sp³-hybridized carbons (Fsp3) is 0.714. The van der Waals surface area contributed by atoms with Gasteiger partial charge in [0.05, 0.1) is 0 Å². The van der Waals surface area contributed by atoms with E-state index in [0.29, 0.717) is 12.8 Å². The summed E-state index contributed by atoms with van der Waals surface area (Å²) >= 11 is 0. The van der Waals surface area contributed by atoms with E-state index in [4.69, 9.17) is 0 Å². The minimum Gasteiger partial charge on any atom is -0.247 e. The summed E-state index contributed by atoms with van der Waals surface area (Å²) in [5.74, 6) is -0.785. The Kier molecular flexibility index (Phi) is 1.84. The lowest BCUT2D eigenvalue weighted by molar-refractivity contribution is 0.217. The molecular formula is C7H10F2. The summed E-state index contributed by atoms with van der Waals surface area (Å²) in [5.41, 5.74) is 0. The second-order valence-electron chi connectivity index (χ2n) is 2.47. The average molecular weight is 132 g/mol. The fourth-order valence-electron chi connectivity index (χ4n) is 0.989. The van der Waals surface area contributed by atoms with Gasteiger partial charge >= 0.3 is 0 Å². The molecule has 0 saturated heterocycles. The minimum atomic E-state index is -0.963. The summed E-state index contributed by atoms with van der Waals surface area (Å²) in [6, 6.07) is 0. The predicted molar refractivity (Wildman–Crippen MR) is 32.5 cm³/mol. The normalized spacial score (nSPS) is 36.1. The van der Waals surface area contributed by atoms with Crippen LogP contribution in [0.2, 0.25) is 0 Å². The summed E-state index contributed by atoms with van der Waals surface area (Å²) in [6.07, 6.45) is 1.54. The maximum absolute atomic E-state index is 12.5. The molecule has 1 aliphatic rings. The van der Waals surface area contributed by atoms with E-state index >= 15 is 0 Å². The standard InChI is InChI=1S/C7H10F2/c1-5-6(8)3-2-4-7(5)9/h3,5,7H,2,4H2,1H3.